The highest BCUT2D eigenvalue weighted by atomic mass is 32.2. The monoisotopic (exact) mass is 481 g/mol. The second kappa shape index (κ2) is 8.54. The Hall–Kier alpha value is -2.76. The maximum Gasteiger partial charge on any atom is 0.251 e. The van der Waals surface area contributed by atoms with Gasteiger partial charge in [-0.05, 0) is 37.6 Å². The molecule has 2 amide bonds. The smallest absolute Gasteiger partial charge is 0.251 e. The second-order valence-corrected chi connectivity index (χ2v) is 10.1. The Kier molecular flexibility index (Phi) is 6.06. The zero-order valence-corrected chi connectivity index (χ0v) is 18.8. The first-order valence-electron chi connectivity index (χ1n) is 10.3. The summed E-state index contributed by atoms with van der Waals surface area (Å²) in [4.78, 5) is 27.7. The third-order valence-corrected chi connectivity index (χ3v) is 7.96. The molecule has 2 aromatic carbocycles. The first-order chi connectivity index (χ1) is 15.5. The van der Waals surface area contributed by atoms with Crippen molar-refractivity contribution in [1.82, 2.24) is 9.21 Å². The summed E-state index contributed by atoms with van der Waals surface area (Å²) < 4.78 is 67.3. The molecule has 11 heteroatoms. The van der Waals surface area contributed by atoms with Crippen LogP contribution in [0, 0.1) is 31.3 Å². The number of aryl methyl sites for hydroxylation is 2. The van der Waals surface area contributed by atoms with E-state index in [0.717, 1.165) is 15.4 Å². The van der Waals surface area contributed by atoms with Gasteiger partial charge in [0.2, 0.25) is 15.9 Å². The fourth-order valence-electron chi connectivity index (χ4n) is 4.31. The first-order valence-corrected chi connectivity index (χ1v) is 11.8. The zero-order valence-electron chi connectivity index (χ0n) is 18.0. The van der Waals surface area contributed by atoms with Crippen molar-refractivity contribution in [2.75, 3.05) is 31.1 Å². The van der Waals surface area contributed by atoms with Crippen molar-refractivity contribution < 1.29 is 31.2 Å². The van der Waals surface area contributed by atoms with E-state index in [0.29, 0.717) is 17.8 Å². The fraction of sp³-hybridized carbons (Fsp3) is 0.364. The van der Waals surface area contributed by atoms with E-state index in [1.54, 1.807) is 11.0 Å². The summed E-state index contributed by atoms with van der Waals surface area (Å²) in [6.45, 7) is 3.78. The van der Waals surface area contributed by atoms with Gasteiger partial charge in [-0.2, -0.15) is 4.31 Å². The predicted octanol–water partition coefficient (Wildman–Crippen LogP) is 2.36. The van der Waals surface area contributed by atoms with Gasteiger partial charge in [-0.1, -0.05) is 17.7 Å². The van der Waals surface area contributed by atoms with Crippen molar-refractivity contribution in [3.05, 3.63) is 58.9 Å². The van der Waals surface area contributed by atoms with Gasteiger partial charge in [0, 0.05) is 26.2 Å². The van der Waals surface area contributed by atoms with Gasteiger partial charge < -0.3 is 0 Å². The summed E-state index contributed by atoms with van der Waals surface area (Å²) in [6, 6.07) is 5.94. The van der Waals surface area contributed by atoms with Crippen molar-refractivity contribution >= 4 is 27.5 Å². The van der Waals surface area contributed by atoms with Gasteiger partial charge in [-0.15, -0.1) is 0 Å². The molecule has 0 bridgehead atoms. The number of anilines is 1. The lowest BCUT2D eigenvalue weighted by molar-refractivity contribution is -0.123. The Labute approximate surface area is 189 Å². The number of carbonyl (C=O) groups excluding carboxylic acids is 2. The van der Waals surface area contributed by atoms with Crippen molar-refractivity contribution in [1.29, 1.82) is 0 Å². The van der Waals surface area contributed by atoms with Crippen molar-refractivity contribution in [3.63, 3.8) is 0 Å². The third-order valence-electron chi connectivity index (χ3n) is 6.05. The summed E-state index contributed by atoms with van der Waals surface area (Å²) in [5, 5.41) is 0. The Morgan fingerprint density at radius 1 is 0.909 bits per heavy atom. The molecule has 2 aliphatic heterocycles. The quantitative estimate of drug-likeness (QED) is 0.495. The summed E-state index contributed by atoms with van der Waals surface area (Å²) in [5.41, 5.74) is 2.32. The molecule has 2 aromatic rings. The summed E-state index contributed by atoms with van der Waals surface area (Å²) in [6.07, 6.45) is -0.0311. The molecular weight excluding hydrogens is 459 g/mol. The van der Waals surface area contributed by atoms with E-state index in [1.807, 2.05) is 26.0 Å². The van der Waals surface area contributed by atoms with Crippen molar-refractivity contribution in [2.24, 2.45) is 0 Å². The maximum absolute atomic E-state index is 14.1. The van der Waals surface area contributed by atoms with Crippen LogP contribution in [0.25, 0.3) is 0 Å². The number of hydrogen-bond donors (Lipinski definition) is 0. The van der Waals surface area contributed by atoms with Gasteiger partial charge in [0.05, 0.1) is 18.2 Å². The van der Waals surface area contributed by atoms with Gasteiger partial charge in [0.25, 0.3) is 5.91 Å². The molecule has 0 spiro atoms. The van der Waals surface area contributed by atoms with E-state index in [1.165, 1.54) is 4.90 Å². The molecular formula is C22H22F3N3O4S. The van der Waals surface area contributed by atoms with Crippen molar-refractivity contribution in [3.8, 4) is 0 Å². The molecule has 0 radical (unpaired) electrons. The largest absolute Gasteiger partial charge is 0.289 e. The Bertz CT molecular complexity index is 1240. The number of halogens is 3. The van der Waals surface area contributed by atoms with Gasteiger partial charge in [0.15, 0.2) is 17.5 Å². The lowest BCUT2D eigenvalue weighted by atomic mass is 10.1. The number of amides is 2. The van der Waals surface area contributed by atoms with Crippen LogP contribution in [0.15, 0.2) is 35.2 Å². The minimum atomic E-state index is -4.40. The fourth-order valence-corrected chi connectivity index (χ4v) is 5.79. The number of carbonyl (C=O) groups is 2. The van der Waals surface area contributed by atoms with Gasteiger partial charge in [0.1, 0.15) is 4.90 Å². The summed E-state index contributed by atoms with van der Waals surface area (Å²) in [7, 11) is -4.40. The number of piperazine rings is 1. The average molecular weight is 481 g/mol. The van der Waals surface area contributed by atoms with Crippen LogP contribution in [0.2, 0.25) is 0 Å². The highest BCUT2D eigenvalue weighted by Crippen LogP contribution is 2.30. The van der Waals surface area contributed by atoms with E-state index in [4.69, 9.17) is 0 Å². The second-order valence-electron chi connectivity index (χ2n) is 8.19. The average Bonchev–Trinajstić information content (AvgIpc) is 3.06. The summed E-state index contributed by atoms with van der Waals surface area (Å²) >= 11 is 0. The molecule has 0 saturated carbocycles. The third kappa shape index (κ3) is 4.04. The van der Waals surface area contributed by atoms with Crippen LogP contribution < -0.4 is 4.90 Å². The molecule has 2 fully saturated rings. The Morgan fingerprint density at radius 3 is 2.21 bits per heavy atom. The number of imide groups is 1. The maximum atomic E-state index is 14.1. The van der Waals surface area contributed by atoms with Crippen molar-refractivity contribution in [2.45, 2.75) is 31.2 Å². The van der Waals surface area contributed by atoms with Gasteiger partial charge in [-0.3, -0.25) is 14.5 Å². The molecule has 33 heavy (non-hydrogen) atoms. The molecule has 2 aliphatic rings. The minimum Gasteiger partial charge on any atom is -0.289 e. The minimum absolute atomic E-state index is 0.0311. The highest BCUT2D eigenvalue weighted by molar-refractivity contribution is 7.89. The molecule has 7 nitrogen and oxygen atoms in total. The van der Waals surface area contributed by atoms with Crippen LogP contribution in [-0.4, -0.2) is 61.7 Å². The van der Waals surface area contributed by atoms with E-state index in [2.05, 4.69) is 0 Å². The van der Waals surface area contributed by atoms with Crippen LogP contribution in [0.4, 0.5) is 18.9 Å². The molecule has 2 saturated heterocycles. The van der Waals surface area contributed by atoms with Gasteiger partial charge >= 0.3 is 0 Å². The lowest BCUT2D eigenvalue weighted by Gasteiger charge is -2.36. The van der Waals surface area contributed by atoms with Crippen LogP contribution >= 0.6 is 0 Å². The number of nitrogens with zero attached hydrogens (tertiary/aromatic N) is 3. The molecule has 176 valence electrons. The molecule has 1 unspecified atom stereocenters. The lowest BCUT2D eigenvalue weighted by Crippen LogP contribution is -2.53. The highest BCUT2D eigenvalue weighted by Gasteiger charge is 2.44. The Balaban J connectivity index is 1.49. The van der Waals surface area contributed by atoms with Crippen LogP contribution in [0.5, 0.6) is 0 Å². The number of benzene rings is 2. The Morgan fingerprint density at radius 2 is 1.58 bits per heavy atom. The molecule has 0 N–H and O–H groups in total. The van der Waals surface area contributed by atoms with E-state index in [-0.39, 0.29) is 44.4 Å². The van der Waals surface area contributed by atoms with E-state index >= 15 is 0 Å². The molecule has 0 aliphatic carbocycles. The van der Waals surface area contributed by atoms with Crippen LogP contribution in [0.3, 0.4) is 0 Å². The number of sulfonamides is 1. The van der Waals surface area contributed by atoms with E-state index < -0.39 is 38.4 Å². The molecule has 4 rings (SSSR count). The SMILES string of the molecule is Cc1ccc(N2C(=O)CC(N3CCN(S(=O)(=O)c4ccc(F)c(F)c4F)CC3)C2=O)c(C)c1. The van der Waals surface area contributed by atoms with Crippen LogP contribution in [0.1, 0.15) is 17.5 Å². The standard InChI is InChI=1S/C22H22F3N3O4S/c1-13-3-5-16(14(2)11-13)28-19(29)12-17(22(28)30)26-7-9-27(10-8-26)33(31,32)18-6-4-15(23)20(24)21(18)25/h3-6,11,17H,7-10,12H2,1-2H3. The molecule has 0 aromatic heterocycles. The van der Waals surface area contributed by atoms with Crippen LogP contribution in [-0.2, 0) is 19.6 Å². The normalized spacial score (nSPS) is 20.6. The van der Waals surface area contributed by atoms with E-state index in [9.17, 15) is 31.2 Å². The topological polar surface area (TPSA) is 78.0 Å². The summed E-state index contributed by atoms with van der Waals surface area (Å²) in [5.74, 6) is -5.81. The number of hydrogen-bond acceptors (Lipinski definition) is 5. The zero-order chi connectivity index (χ0) is 24.1. The predicted molar refractivity (Wildman–Crippen MR) is 113 cm³/mol. The van der Waals surface area contributed by atoms with Gasteiger partial charge in [-0.25, -0.2) is 26.5 Å². The first kappa shape index (κ1) is 23.4. The molecule has 2 heterocycles. The molecule has 1 atom stereocenters. The number of rotatable bonds is 4.